The van der Waals surface area contributed by atoms with E-state index in [9.17, 15) is 9.90 Å². The smallest absolute Gasteiger partial charge is 0.317 e. The third-order valence-corrected chi connectivity index (χ3v) is 5.74. The van der Waals surface area contributed by atoms with E-state index >= 15 is 0 Å². The summed E-state index contributed by atoms with van der Waals surface area (Å²) >= 11 is 0. The number of urea groups is 1. The summed E-state index contributed by atoms with van der Waals surface area (Å²) in [6.07, 6.45) is 6.86. The number of hydrogen-bond acceptors (Lipinski definition) is 2. The van der Waals surface area contributed by atoms with Crippen LogP contribution >= 0.6 is 0 Å². The van der Waals surface area contributed by atoms with E-state index in [1.54, 1.807) is 0 Å². The standard InChI is InChI=1S/C20H30N2O2/c1-20(15-23)11-6-12-22(14-20)19(24)21-18(13-16-7-5-8-16)17-9-3-2-4-10-17/h2-4,9-10,16,18,23H,5-8,11-15H2,1H3,(H,21,24). The number of aliphatic hydroxyl groups excluding tert-OH is 1. The quantitative estimate of drug-likeness (QED) is 0.864. The summed E-state index contributed by atoms with van der Waals surface area (Å²) in [4.78, 5) is 14.7. The Balaban J connectivity index is 1.66. The van der Waals surface area contributed by atoms with Crippen molar-refractivity contribution in [3.05, 3.63) is 35.9 Å². The monoisotopic (exact) mass is 330 g/mol. The van der Waals surface area contributed by atoms with Gasteiger partial charge in [0.15, 0.2) is 0 Å². The molecule has 3 rings (SSSR count). The maximum Gasteiger partial charge on any atom is 0.317 e. The number of aliphatic hydroxyl groups is 1. The molecular weight excluding hydrogens is 300 g/mol. The van der Waals surface area contributed by atoms with Gasteiger partial charge in [-0.15, -0.1) is 0 Å². The van der Waals surface area contributed by atoms with E-state index < -0.39 is 0 Å². The summed E-state index contributed by atoms with van der Waals surface area (Å²) < 4.78 is 0. The van der Waals surface area contributed by atoms with Crippen LogP contribution in [0.3, 0.4) is 0 Å². The molecule has 2 N–H and O–H groups in total. The largest absolute Gasteiger partial charge is 0.396 e. The second-order valence-corrected chi connectivity index (χ2v) is 7.94. The predicted molar refractivity (Wildman–Crippen MR) is 95.7 cm³/mol. The van der Waals surface area contributed by atoms with Gasteiger partial charge < -0.3 is 15.3 Å². The number of carbonyl (C=O) groups is 1. The van der Waals surface area contributed by atoms with E-state index in [0.29, 0.717) is 6.54 Å². The van der Waals surface area contributed by atoms with Gasteiger partial charge in [-0.2, -0.15) is 0 Å². The van der Waals surface area contributed by atoms with Gasteiger partial charge in [-0.3, -0.25) is 0 Å². The molecule has 4 heteroatoms. The number of likely N-dealkylation sites (tertiary alicyclic amines) is 1. The molecule has 1 saturated carbocycles. The maximum atomic E-state index is 12.8. The minimum Gasteiger partial charge on any atom is -0.396 e. The van der Waals surface area contributed by atoms with Crippen molar-refractivity contribution in [3.63, 3.8) is 0 Å². The van der Waals surface area contributed by atoms with Crippen molar-refractivity contribution < 1.29 is 9.90 Å². The van der Waals surface area contributed by atoms with Crippen molar-refractivity contribution in [3.8, 4) is 0 Å². The molecule has 2 atom stereocenters. The number of nitrogens with zero attached hydrogens (tertiary/aromatic N) is 1. The minimum atomic E-state index is -0.161. The number of amides is 2. The Morgan fingerprint density at radius 3 is 2.71 bits per heavy atom. The average Bonchev–Trinajstić information content (AvgIpc) is 2.57. The molecule has 2 fully saturated rings. The van der Waals surface area contributed by atoms with Crippen LogP contribution < -0.4 is 5.32 Å². The van der Waals surface area contributed by atoms with Crippen LogP contribution in [0.4, 0.5) is 4.79 Å². The lowest BCUT2D eigenvalue weighted by Crippen LogP contribution is -2.50. The predicted octanol–water partition coefficient (Wildman–Crippen LogP) is 3.72. The maximum absolute atomic E-state index is 12.8. The van der Waals surface area contributed by atoms with Crippen LogP contribution in [-0.4, -0.2) is 35.7 Å². The van der Waals surface area contributed by atoms with E-state index in [4.69, 9.17) is 0 Å². The SMILES string of the molecule is CC1(CO)CCCN(C(=O)NC(CC2CCC2)c2ccccc2)C1. The van der Waals surface area contributed by atoms with Crippen LogP contribution in [0.1, 0.15) is 57.1 Å². The van der Waals surface area contributed by atoms with Crippen molar-refractivity contribution >= 4 is 6.03 Å². The van der Waals surface area contributed by atoms with Crippen molar-refractivity contribution in [2.45, 2.75) is 51.5 Å². The molecule has 0 spiro atoms. The number of benzene rings is 1. The lowest BCUT2D eigenvalue weighted by atomic mass is 9.79. The first-order valence-electron chi connectivity index (χ1n) is 9.31. The summed E-state index contributed by atoms with van der Waals surface area (Å²) in [5.41, 5.74) is 1.03. The molecule has 2 aliphatic rings. The summed E-state index contributed by atoms with van der Waals surface area (Å²) in [5, 5.41) is 12.9. The summed E-state index contributed by atoms with van der Waals surface area (Å²) in [7, 11) is 0. The first-order valence-corrected chi connectivity index (χ1v) is 9.31. The van der Waals surface area contributed by atoms with Crippen LogP contribution in [0.25, 0.3) is 0 Å². The summed E-state index contributed by atoms with van der Waals surface area (Å²) in [6.45, 7) is 3.63. The van der Waals surface area contributed by atoms with Gasteiger partial charge in [0.1, 0.15) is 0 Å². The van der Waals surface area contributed by atoms with Crippen molar-refractivity contribution in [1.82, 2.24) is 10.2 Å². The first-order chi connectivity index (χ1) is 11.6. The highest BCUT2D eigenvalue weighted by molar-refractivity contribution is 5.75. The molecule has 1 saturated heterocycles. The van der Waals surface area contributed by atoms with Gasteiger partial charge in [0.2, 0.25) is 0 Å². The topological polar surface area (TPSA) is 52.6 Å². The molecule has 1 aliphatic carbocycles. The lowest BCUT2D eigenvalue weighted by molar-refractivity contribution is 0.0603. The Hall–Kier alpha value is -1.55. The fourth-order valence-corrected chi connectivity index (χ4v) is 3.88. The molecule has 2 unspecified atom stereocenters. The van der Waals surface area contributed by atoms with Gasteiger partial charge in [0.05, 0.1) is 12.6 Å². The molecule has 2 amide bonds. The molecule has 0 bridgehead atoms. The van der Waals surface area contributed by atoms with E-state index in [0.717, 1.165) is 31.7 Å². The van der Waals surface area contributed by atoms with Gasteiger partial charge in [-0.1, -0.05) is 56.5 Å². The molecule has 132 valence electrons. The minimum absolute atomic E-state index is 0.0163. The second-order valence-electron chi connectivity index (χ2n) is 7.94. The van der Waals surface area contributed by atoms with E-state index in [2.05, 4.69) is 24.4 Å². The van der Waals surface area contributed by atoms with Gasteiger partial charge in [-0.25, -0.2) is 4.79 Å². The van der Waals surface area contributed by atoms with E-state index in [1.807, 2.05) is 23.1 Å². The molecule has 1 heterocycles. The number of hydrogen-bond donors (Lipinski definition) is 2. The lowest BCUT2D eigenvalue weighted by Gasteiger charge is -2.40. The molecule has 1 aromatic carbocycles. The molecule has 24 heavy (non-hydrogen) atoms. The number of carbonyl (C=O) groups excluding carboxylic acids is 1. The van der Waals surface area contributed by atoms with Crippen LogP contribution in [0.2, 0.25) is 0 Å². The molecule has 0 aromatic heterocycles. The summed E-state index contributed by atoms with van der Waals surface area (Å²) in [6, 6.07) is 10.4. The zero-order valence-corrected chi connectivity index (χ0v) is 14.7. The van der Waals surface area contributed by atoms with Crippen LogP contribution in [0.15, 0.2) is 30.3 Å². The normalized spacial score (nSPS) is 25.8. The zero-order chi connectivity index (χ0) is 17.0. The number of nitrogens with one attached hydrogen (secondary N) is 1. The van der Waals surface area contributed by atoms with Crippen LogP contribution in [0.5, 0.6) is 0 Å². The fourth-order valence-electron chi connectivity index (χ4n) is 3.88. The van der Waals surface area contributed by atoms with Crippen molar-refractivity contribution in [2.75, 3.05) is 19.7 Å². The summed E-state index contributed by atoms with van der Waals surface area (Å²) in [5.74, 6) is 0.736. The molecular formula is C20H30N2O2. The highest BCUT2D eigenvalue weighted by atomic mass is 16.3. The molecule has 1 aliphatic heterocycles. The van der Waals surface area contributed by atoms with Gasteiger partial charge >= 0.3 is 6.03 Å². The third kappa shape index (κ3) is 4.10. The van der Waals surface area contributed by atoms with Gasteiger partial charge in [0, 0.05) is 18.5 Å². The fraction of sp³-hybridized carbons (Fsp3) is 0.650. The van der Waals surface area contributed by atoms with Crippen LogP contribution in [-0.2, 0) is 0 Å². The highest BCUT2D eigenvalue weighted by Gasteiger charge is 2.33. The Morgan fingerprint density at radius 1 is 1.33 bits per heavy atom. The van der Waals surface area contributed by atoms with Crippen molar-refractivity contribution in [1.29, 1.82) is 0 Å². The van der Waals surface area contributed by atoms with E-state index in [1.165, 1.54) is 24.8 Å². The molecule has 0 radical (unpaired) electrons. The van der Waals surface area contributed by atoms with Crippen molar-refractivity contribution in [2.24, 2.45) is 11.3 Å². The number of piperidine rings is 1. The Kier molecular flexibility index (Phi) is 5.44. The van der Waals surface area contributed by atoms with Gasteiger partial charge in [-0.05, 0) is 30.7 Å². The van der Waals surface area contributed by atoms with E-state index in [-0.39, 0.29) is 24.1 Å². The number of rotatable bonds is 5. The highest BCUT2D eigenvalue weighted by Crippen LogP contribution is 2.35. The molecule has 1 aromatic rings. The van der Waals surface area contributed by atoms with Gasteiger partial charge in [0.25, 0.3) is 0 Å². The van der Waals surface area contributed by atoms with Crippen LogP contribution in [0, 0.1) is 11.3 Å². The Morgan fingerprint density at radius 2 is 2.08 bits per heavy atom. The molecule has 4 nitrogen and oxygen atoms in total. The Labute approximate surface area is 145 Å². The Bertz CT molecular complexity index is 544. The second kappa shape index (κ2) is 7.56. The third-order valence-electron chi connectivity index (χ3n) is 5.74. The zero-order valence-electron chi connectivity index (χ0n) is 14.7. The first kappa shape index (κ1) is 17.3. The average molecular weight is 330 g/mol.